The number of carbonyl (C=O) groups is 3. The lowest BCUT2D eigenvalue weighted by atomic mass is 10.1. The maximum atomic E-state index is 13.3. The van der Waals surface area contributed by atoms with E-state index in [9.17, 15) is 14.4 Å². The zero-order valence-corrected chi connectivity index (χ0v) is 20.6. The summed E-state index contributed by atoms with van der Waals surface area (Å²) >= 11 is 0. The number of hydrogen-bond donors (Lipinski definition) is 2. The summed E-state index contributed by atoms with van der Waals surface area (Å²) in [7, 11) is 0. The van der Waals surface area contributed by atoms with Crippen molar-refractivity contribution in [2.75, 3.05) is 41.7 Å². The van der Waals surface area contributed by atoms with Crippen molar-refractivity contribution in [1.82, 2.24) is 4.90 Å². The van der Waals surface area contributed by atoms with Crippen molar-refractivity contribution in [1.29, 1.82) is 0 Å². The molecule has 1 saturated heterocycles. The van der Waals surface area contributed by atoms with Crippen LogP contribution in [-0.2, 0) is 4.79 Å². The molecule has 7 heteroatoms. The van der Waals surface area contributed by atoms with E-state index in [1.165, 1.54) is 0 Å². The lowest BCUT2D eigenvalue weighted by molar-refractivity contribution is -0.116. The second kappa shape index (κ2) is 12.0. The SMILES string of the molecule is CCCCC(=O)Nc1ccc(C(=O)Nc2ccccc2C(=O)N2CCN(c3ccccc3)CC2)cc1. The van der Waals surface area contributed by atoms with Gasteiger partial charge in [0.2, 0.25) is 5.91 Å². The van der Waals surface area contributed by atoms with Crippen LogP contribution in [0, 0.1) is 0 Å². The Morgan fingerprint density at radius 2 is 1.44 bits per heavy atom. The van der Waals surface area contributed by atoms with E-state index in [4.69, 9.17) is 0 Å². The van der Waals surface area contributed by atoms with Crippen LogP contribution < -0.4 is 15.5 Å². The van der Waals surface area contributed by atoms with Gasteiger partial charge in [-0.25, -0.2) is 0 Å². The first-order valence-electron chi connectivity index (χ1n) is 12.4. The molecule has 0 bridgehead atoms. The van der Waals surface area contributed by atoms with Crippen molar-refractivity contribution in [3.05, 3.63) is 90.0 Å². The highest BCUT2D eigenvalue weighted by Gasteiger charge is 2.24. The number of hydrogen-bond acceptors (Lipinski definition) is 4. The van der Waals surface area contributed by atoms with Crippen molar-refractivity contribution in [2.24, 2.45) is 0 Å². The van der Waals surface area contributed by atoms with E-state index in [0.717, 1.165) is 31.6 Å². The molecule has 0 saturated carbocycles. The van der Waals surface area contributed by atoms with Gasteiger partial charge in [0, 0.05) is 49.5 Å². The highest BCUT2D eigenvalue weighted by Crippen LogP contribution is 2.22. The Labute approximate surface area is 212 Å². The fraction of sp³-hybridized carbons (Fsp3) is 0.276. The van der Waals surface area contributed by atoms with Gasteiger partial charge >= 0.3 is 0 Å². The van der Waals surface area contributed by atoms with Gasteiger partial charge in [0.05, 0.1) is 11.3 Å². The Morgan fingerprint density at radius 1 is 0.778 bits per heavy atom. The van der Waals surface area contributed by atoms with Crippen molar-refractivity contribution in [3.8, 4) is 0 Å². The fourth-order valence-electron chi connectivity index (χ4n) is 4.22. The topological polar surface area (TPSA) is 81.8 Å². The molecule has 1 heterocycles. The van der Waals surface area contributed by atoms with Gasteiger partial charge in [-0.3, -0.25) is 14.4 Å². The van der Waals surface area contributed by atoms with Crippen LogP contribution in [0.1, 0.15) is 46.9 Å². The molecule has 0 aromatic heterocycles. The number of anilines is 3. The number of amides is 3. The van der Waals surface area contributed by atoms with Crippen molar-refractivity contribution < 1.29 is 14.4 Å². The third-order valence-corrected chi connectivity index (χ3v) is 6.28. The minimum absolute atomic E-state index is 0.0360. The second-order valence-electron chi connectivity index (χ2n) is 8.84. The predicted molar refractivity (Wildman–Crippen MR) is 144 cm³/mol. The van der Waals surface area contributed by atoms with Gasteiger partial charge in [-0.1, -0.05) is 43.7 Å². The normalized spacial score (nSPS) is 13.2. The standard InChI is InChI=1S/C29H32N4O3/c1-2-3-13-27(34)30-23-16-14-22(15-17-23)28(35)31-26-12-8-7-11-25(26)29(36)33-20-18-32(19-21-33)24-9-5-4-6-10-24/h4-12,14-17H,2-3,13,18-21H2,1H3,(H,30,34)(H,31,35). The van der Waals surface area contributed by atoms with E-state index in [1.807, 2.05) is 30.0 Å². The van der Waals surface area contributed by atoms with Crippen molar-refractivity contribution in [3.63, 3.8) is 0 Å². The van der Waals surface area contributed by atoms with Crippen LogP contribution in [0.3, 0.4) is 0 Å². The molecule has 36 heavy (non-hydrogen) atoms. The average Bonchev–Trinajstić information content (AvgIpc) is 2.93. The molecule has 1 aliphatic rings. The van der Waals surface area contributed by atoms with E-state index < -0.39 is 0 Å². The zero-order chi connectivity index (χ0) is 25.3. The van der Waals surface area contributed by atoms with E-state index in [-0.39, 0.29) is 17.7 Å². The Balaban J connectivity index is 1.37. The molecule has 7 nitrogen and oxygen atoms in total. The Bertz CT molecular complexity index is 1190. The van der Waals surface area contributed by atoms with Crippen LogP contribution in [0.25, 0.3) is 0 Å². The van der Waals surface area contributed by atoms with Gasteiger partial charge in [-0.05, 0) is 55.0 Å². The number of nitrogens with one attached hydrogen (secondary N) is 2. The average molecular weight is 485 g/mol. The van der Waals surface area contributed by atoms with Gasteiger partial charge in [-0.15, -0.1) is 0 Å². The van der Waals surface area contributed by atoms with Gasteiger partial charge in [0.25, 0.3) is 11.8 Å². The Hall–Kier alpha value is -4.13. The summed E-state index contributed by atoms with van der Waals surface area (Å²) < 4.78 is 0. The Morgan fingerprint density at radius 3 is 2.14 bits per heavy atom. The number of benzene rings is 3. The number of para-hydroxylation sites is 2. The molecule has 186 valence electrons. The number of nitrogens with zero attached hydrogens (tertiary/aromatic N) is 2. The molecule has 0 unspecified atom stereocenters. The molecular formula is C29H32N4O3. The molecule has 3 aromatic carbocycles. The first-order chi connectivity index (χ1) is 17.5. The Kier molecular flexibility index (Phi) is 8.34. The lowest BCUT2D eigenvalue weighted by Crippen LogP contribution is -2.48. The first kappa shape index (κ1) is 25.0. The molecule has 1 aliphatic heterocycles. The molecule has 0 spiro atoms. The van der Waals surface area contributed by atoms with Crippen LogP contribution in [0.2, 0.25) is 0 Å². The summed E-state index contributed by atoms with van der Waals surface area (Å²) in [6, 6.07) is 24.0. The largest absolute Gasteiger partial charge is 0.368 e. The van der Waals surface area contributed by atoms with Gasteiger partial charge in [0.1, 0.15) is 0 Å². The van der Waals surface area contributed by atoms with E-state index >= 15 is 0 Å². The first-order valence-corrected chi connectivity index (χ1v) is 12.4. The van der Waals surface area contributed by atoms with Crippen LogP contribution in [0.5, 0.6) is 0 Å². The predicted octanol–water partition coefficient (Wildman–Crippen LogP) is 5.03. The summed E-state index contributed by atoms with van der Waals surface area (Å²) in [5.41, 5.74) is 3.20. The summed E-state index contributed by atoms with van der Waals surface area (Å²) in [6.07, 6.45) is 2.28. The van der Waals surface area contributed by atoms with Crippen LogP contribution in [0.4, 0.5) is 17.1 Å². The van der Waals surface area contributed by atoms with E-state index in [2.05, 4.69) is 27.7 Å². The van der Waals surface area contributed by atoms with Crippen molar-refractivity contribution in [2.45, 2.75) is 26.2 Å². The third-order valence-electron chi connectivity index (χ3n) is 6.28. The highest BCUT2D eigenvalue weighted by atomic mass is 16.2. The quantitative estimate of drug-likeness (QED) is 0.470. The summed E-state index contributed by atoms with van der Waals surface area (Å²) in [4.78, 5) is 42.3. The number of rotatable bonds is 8. The van der Waals surface area contributed by atoms with Gasteiger partial charge in [-0.2, -0.15) is 0 Å². The molecule has 2 N–H and O–H groups in total. The van der Waals surface area contributed by atoms with Crippen LogP contribution in [0.15, 0.2) is 78.9 Å². The minimum atomic E-state index is -0.312. The molecule has 0 radical (unpaired) electrons. The lowest BCUT2D eigenvalue weighted by Gasteiger charge is -2.36. The molecule has 3 aromatic rings. The zero-order valence-electron chi connectivity index (χ0n) is 20.6. The maximum absolute atomic E-state index is 13.3. The molecule has 0 aliphatic carbocycles. The minimum Gasteiger partial charge on any atom is -0.368 e. The van der Waals surface area contributed by atoms with Crippen LogP contribution in [-0.4, -0.2) is 48.8 Å². The van der Waals surface area contributed by atoms with Crippen molar-refractivity contribution >= 4 is 34.8 Å². The van der Waals surface area contributed by atoms with E-state index in [1.54, 1.807) is 48.5 Å². The summed E-state index contributed by atoms with van der Waals surface area (Å²) in [5.74, 6) is -0.442. The number of carbonyl (C=O) groups excluding carboxylic acids is 3. The second-order valence-corrected chi connectivity index (χ2v) is 8.84. The number of piperazine rings is 1. The monoisotopic (exact) mass is 484 g/mol. The molecular weight excluding hydrogens is 452 g/mol. The van der Waals surface area contributed by atoms with Gasteiger partial charge in [0.15, 0.2) is 0 Å². The maximum Gasteiger partial charge on any atom is 0.256 e. The smallest absolute Gasteiger partial charge is 0.256 e. The highest BCUT2D eigenvalue weighted by molar-refractivity contribution is 6.09. The fourth-order valence-corrected chi connectivity index (χ4v) is 4.22. The molecule has 0 atom stereocenters. The molecule has 3 amide bonds. The summed E-state index contributed by atoms with van der Waals surface area (Å²) in [6.45, 7) is 4.78. The third kappa shape index (κ3) is 6.30. The van der Waals surface area contributed by atoms with E-state index in [0.29, 0.717) is 42.0 Å². The summed E-state index contributed by atoms with van der Waals surface area (Å²) in [5, 5.41) is 5.73. The van der Waals surface area contributed by atoms with Gasteiger partial charge < -0.3 is 20.4 Å². The molecule has 1 fully saturated rings. The molecule has 4 rings (SSSR count). The number of unbranched alkanes of at least 4 members (excludes halogenated alkanes) is 1. The van der Waals surface area contributed by atoms with Crippen LogP contribution >= 0.6 is 0 Å².